The van der Waals surface area contributed by atoms with E-state index in [1.165, 1.54) is 23.1 Å². The molecule has 0 radical (unpaired) electrons. The molecule has 0 aliphatic heterocycles. The Bertz CT molecular complexity index is 934. The molecule has 5 nitrogen and oxygen atoms in total. The third-order valence-electron chi connectivity index (χ3n) is 3.90. The largest absolute Gasteiger partial charge is 0.325 e. The second kappa shape index (κ2) is 7.84. The number of carbonyl (C=O) groups is 1. The van der Waals surface area contributed by atoms with Gasteiger partial charge in [-0.15, -0.1) is 11.3 Å². The van der Waals surface area contributed by atoms with Gasteiger partial charge in [0.1, 0.15) is 4.70 Å². The Morgan fingerprint density at radius 3 is 2.80 bits per heavy atom. The third kappa shape index (κ3) is 3.93. The van der Waals surface area contributed by atoms with Crippen molar-refractivity contribution in [3.63, 3.8) is 0 Å². The fourth-order valence-corrected chi connectivity index (χ4v) is 4.09. The van der Waals surface area contributed by atoms with Crippen LogP contribution in [0.15, 0.2) is 51.7 Å². The highest BCUT2D eigenvalue weighted by molar-refractivity contribution is 7.99. The molecular formula is C18H19N3O2S2. The zero-order valence-corrected chi connectivity index (χ0v) is 15.7. The van der Waals surface area contributed by atoms with Gasteiger partial charge in [-0.3, -0.25) is 14.2 Å². The molecule has 25 heavy (non-hydrogen) atoms. The Balaban J connectivity index is 1.82. The molecule has 0 aliphatic carbocycles. The second-order valence-electron chi connectivity index (χ2n) is 5.66. The van der Waals surface area contributed by atoms with Crippen molar-refractivity contribution in [3.8, 4) is 0 Å². The van der Waals surface area contributed by atoms with Gasteiger partial charge in [-0.05, 0) is 36.9 Å². The van der Waals surface area contributed by atoms with Gasteiger partial charge in [0.05, 0.1) is 11.3 Å². The number of benzene rings is 1. The molecule has 1 aromatic carbocycles. The highest BCUT2D eigenvalue weighted by atomic mass is 32.2. The molecule has 1 amide bonds. The highest BCUT2D eigenvalue weighted by Gasteiger charge is 2.17. The van der Waals surface area contributed by atoms with Crippen LogP contribution in [0.1, 0.15) is 26.3 Å². The van der Waals surface area contributed by atoms with E-state index in [1.54, 1.807) is 4.57 Å². The van der Waals surface area contributed by atoms with Crippen LogP contribution in [0.2, 0.25) is 0 Å². The molecule has 3 rings (SSSR count). The maximum Gasteiger partial charge on any atom is 0.272 e. The predicted molar refractivity (Wildman–Crippen MR) is 105 cm³/mol. The number of anilines is 1. The van der Waals surface area contributed by atoms with Crippen LogP contribution in [0.5, 0.6) is 0 Å². The van der Waals surface area contributed by atoms with Gasteiger partial charge in [0, 0.05) is 11.7 Å². The molecule has 0 saturated carbocycles. The molecule has 1 atom stereocenters. The van der Waals surface area contributed by atoms with Gasteiger partial charge >= 0.3 is 0 Å². The maximum atomic E-state index is 12.8. The van der Waals surface area contributed by atoms with E-state index in [4.69, 9.17) is 0 Å². The molecule has 0 spiro atoms. The summed E-state index contributed by atoms with van der Waals surface area (Å²) in [6.07, 6.45) is 0.822. The third-order valence-corrected chi connectivity index (χ3v) is 5.75. The second-order valence-corrected chi connectivity index (χ2v) is 7.52. The lowest BCUT2D eigenvalue weighted by Crippen LogP contribution is -2.26. The molecular weight excluding hydrogens is 354 g/mol. The summed E-state index contributed by atoms with van der Waals surface area (Å²) >= 11 is 2.70. The number of hydrogen-bond donors (Lipinski definition) is 1. The highest BCUT2D eigenvalue weighted by Crippen LogP contribution is 2.24. The van der Waals surface area contributed by atoms with Crippen molar-refractivity contribution in [1.29, 1.82) is 0 Å². The van der Waals surface area contributed by atoms with Gasteiger partial charge in [0.25, 0.3) is 5.56 Å². The van der Waals surface area contributed by atoms with Crippen molar-refractivity contribution in [2.45, 2.75) is 31.5 Å². The molecule has 3 aromatic rings. The lowest BCUT2D eigenvalue weighted by Gasteiger charge is -2.17. The average molecular weight is 374 g/mol. The molecule has 7 heteroatoms. The quantitative estimate of drug-likeness (QED) is 0.520. The minimum atomic E-state index is -0.119. The molecule has 0 saturated heterocycles. The summed E-state index contributed by atoms with van der Waals surface area (Å²) in [7, 11) is 0. The Kier molecular flexibility index (Phi) is 5.55. The number of thiophene rings is 1. The number of nitrogens with zero attached hydrogens (tertiary/aromatic N) is 2. The molecule has 2 heterocycles. The Labute approximate surface area is 154 Å². The van der Waals surface area contributed by atoms with Crippen LogP contribution >= 0.6 is 23.1 Å². The SMILES string of the molecule is CC[C@@H](C)n1c(SCC(=O)Nc2ccccc2)nc2ccsc2c1=O. The summed E-state index contributed by atoms with van der Waals surface area (Å²) in [5.41, 5.74) is 1.43. The smallest absolute Gasteiger partial charge is 0.272 e. The Hall–Kier alpha value is -2.12. The van der Waals surface area contributed by atoms with Crippen LogP contribution in [0, 0.1) is 0 Å². The number of nitrogens with one attached hydrogen (secondary N) is 1. The fourth-order valence-electron chi connectivity index (χ4n) is 2.43. The van der Waals surface area contributed by atoms with Gasteiger partial charge in [-0.1, -0.05) is 36.9 Å². The van der Waals surface area contributed by atoms with Crippen molar-refractivity contribution in [2.24, 2.45) is 0 Å². The number of carbonyl (C=O) groups excluding carboxylic acids is 1. The van der Waals surface area contributed by atoms with Crippen LogP contribution in [0.25, 0.3) is 10.2 Å². The predicted octanol–water partition coefficient (Wildman–Crippen LogP) is 4.16. The van der Waals surface area contributed by atoms with E-state index in [0.717, 1.165) is 12.1 Å². The van der Waals surface area contributed by atoms with Gasteiger partial charge in [-0.2, -0.15) is 0 Å². The van der Waals surface area contributed by atoms with Crippen LogP contribution in [0.4, 0.5) is 5.69 Å². The topological polar surface area (TPSA) is 64.0 Å². The van der Waals surface area contributed by atoms with Crippen LogP contribution in [-0.2, 0) is 4.79 Å². The maximum absolute atomic E-state index is 12.8. The number of thioether (sulfide) groups is 1. The number of para-hydroxylation sites is 1. The summed E-state index contributed by atoms with van der Waals surface area (Å²) in [4.78, 5) is 29.6. The summed E-state index contributed by atoms with van der Waals surface area (Å²) < 4.78 is 2.37. The summed E-state index contributed by atoms with van der Waals surface area (Å²) in [5, 5.41) is 5.31. The van der Waals surface area contributed by atoms with E-state index < -0.39 is 0 Å². The zero-order chi connectivity index (χ0) is 17.8. The van der Waals surface area contributed by atoms with Crippen molar-refractivity contribution >= 4 is 44.9 Å². The van der Waals surface area contributed by atoms with Crippen molar-refractivity contribution in [2.75, 3.05) is 11.1 Å². The Morgan fingerprint density at radius 1 is 1.32 bits per heavy atom. The normalized spacial score (nSPS) is 12.2. The molecule has 1 N–H and O–H groups in total. The van der Waals surface area contributed by atoms with Crippen LogP contribution in [0.3, 0.4) is 0 Å². The summed E-state index contributed by atoms with van der Waals surface area (Å²) in [5.74, 6) is 0.0829. The van der Waals surface area contributed by atoms with Crippen molar-refractivity contribution in [3.05, 3.63) is 52.1 Å². The van der Waals surface area contributed by atoms with E-state index >= 15 is 0 Å². The molecule has 0 aliphatic rings. The first-order valence-electron chi connectivity index (χ1n) is 8.07. The van der Waals surface area contributed by atoms with E-state index in [9.17, 15) is 9.59 Å². The minimum absolute atomic E-state index is 0.0275. The number of fused-ring (bicyclic) bond motifs is 1. The molecule has 130 valence electrons. The fraction of sp³-hybridized carbons (Fsp3) is 0.278. The van der Waals surface area contributed by atoms with Gasteiger partial charge in [0.15, 0.2) is 5.16 Å². The molecule has 2 aromatic heterocycles. The first-order chi connectivity index (χ1) is 12.1. The molecule has 0 bridgehead atoms. The molecule has 0 unspecified atom stereocenters. The van der Waals surface area contributed by atoms with Crippen molar-refractivity contribution < 1.29 is 4.79 Å². The van der Waals surface area contributed by atoms with Crippen LogP contribution < -0.4 is 10.9 Å². The van der Waals surface area contributed by atoms with E-state index in [2.05, 4.69) is 10.3 Å². The van der Waals surface area contributed by atoms with Crippen LogP contribution in [-0.4, -0.2) is 21.2 Å². The van der Waals surface area contributed by atoms with Gasteiger partial charge in [-0.25, -0.2) is 4.98 Å². The number of amides is 1. The molecule has 0 fully saturated rings. The number of hydrogen-bond acceptors (Lipinski definition) is 5. The lowest BCUT2D eigenvalue weighted by molar-refractivity contribution is -0.113. The van der Waals surface area contributed by atoms with Gasteiger partial charge < -0.3 is 5.32 Å². The monoisotopic (exact) mass is 373 g/mol. The first kappa shape index (κ1) is 17.7. The van der Waals surface area contributed by atoms with E-state index in [1.807, 2.05) is 55.6 Å². The van der Waals surface area contributed by atoms with E-state index in [0.29, 0.717) is 15.4 Å². The number of aromatic nitrogens is 2. The summed E-state index contributed by atoms with van der Waals surface area (Å²) in [6, 6.07) is 11.2. The standard InChI is InChI=1S/C18H19N3O2S2/c1-3-12(2)21-17(23)16-14(9-10-24-16)20-18(21)25-11-15(22)19-13-7-5-4-6-8-13/h4-10,12H,3,11H2,1-2H3,(H,19,22)/t12-/m1/s1. The summed E-state index contributed by atoms with van der Waals surface area (Å²) in [6.45, 7) is 4.03. The average Bonchev–Trinajstić information content (AvgIpc) is 3.09. The number of rotatable bonds is 6. The van der Waals surface area contributed by atoms with E-state index in [-0.39, 0.29) is 23.3 Å². The van der Waals surface area contributed by atoms with Crippen molar-refractivity contribution in [1.82, 2.24) is 9.55 Å². The zero-order valence-electron chi connectivity index (χ0n) is 14.1. The lowest BCUT2D eigenvalue weighted by atomic mass is 10.2. The first-order valence-corrected chi connectivity index (χ1v) is 9.94. The van der Waals surface area contributed by atoms with Gasteiger partial charge in [0.2, 0.25) is 5.91 Å². The Morgan fingerprint density at radius 2 is 2.08 bits per heavy atom. The minimum Gasteiger partial charge on any atom is -0.325 e.